The van der Waals surface area contributed by atoms with Crippen LogP contribution < -0.4 is 0 Å². The van der Waals surface area contributed by atoms with E-state index in [2.05, 4.69) is 15.9 Å². The van der Waals surface area contributed by atoms with Crippen LogP contribution in [0.1, 0.15) is 38.2 Å². The fraction of sp³-hybridized carbons (Fsp3) is 0.579. The smallest absolute Gasteiger partial charge is 0.322 e. The molecule has 0 aliphatic heterocycles. The number of esters is 2. The molecular weight excluding hydrogens is 388 g/mol. The van der Waals surface area contributed by atoms with Crippen LogP contribution in [0.15, 0.2) is 30.3 Å². The van der Waals surface area contributed by atoms with Gasteiger partial charge in [0.15, 0.2) is 0 Å². The largest absolute Gasteiger partial charge is 0.469 e. The minimum atomic E-state index is -0.850. The van der Waals surface area contributed by atoms with Gasteiger partial charge in [-0.25, -0.2) is 0 Å². The van der Waals surface area contributed by atoms with Gasteiger partial charge < -0.3 is 14.2 Å². The van der Waals surface area contributed by atoms with E-state index in [0.29, 0.717) is 19.4 Å². The number of hydrogen-bond donors (Lipinski definition) is 0. The summed E-state index contributed by atoms with van der Waals surface area (Å²) in [6.07, 6.45) is 1.09. The Morgan fingerprint density at radius 1 is 1.16 bits per heavy atom. The second-order valence-electron chi connectivity index (χ2n) is 6.30. The zero-order valence-electron chi connectivity index (χ0n) is 15.3. The molecule has 1 aromatic carbocycles. The molecule has 0 saturated carbocycles. The van der Waals surface area contributed by atoms with E-state index >= 15 is 0 Å². The molecule has 0 aliphatic rings. The molecule has 3 unspecified atom stereocenters. The van der Waals surface area contributed by atoms with Crippen molar-refractivity contribution in [1.82, 2.24) is 0 Å². The normalized spacial score (nSPS) is 15.7. The highest BCUT2D eigenvalue weighted by Crippen LogP contribution is 2.37. The van der Waals surface area contributed by atoms with Gasteiger partial charge in [-0.1, -0.05) is 53.2 Å². The van der Waals surface area contributed by atoms with Gasteiger partial charge >= 0.3 is 11.9 Å². The lowest BCUT2D eigenvalue weighted by molar-refractivity contribution is -0.147. The molecule has 0 heterocycles. The van der Waals surface area contributed by atoms with Crippen molar-refractivity contribution in [2.45, 2.75) is 36.9 Å². The molecule has 0 aromatic heterocycles. The van der Waals surface area contributed by atoms with Crippen molar-refractivity contribution >= 4 is 27.9 Å². The topological polar surface area (TPSA) is 61.8 Å². The maximum Gasteiger partial charge on any atom is 0.322 e. The van der Waals surface area contributed by atoms with Crippen molar-refractivity contribution in [2.24, 2.45) is 5.92 Å². The van der Waals surface area contributed by atoms with Gasteiger partial charge in [-0.15, -0.1) is 0 Å². The average Bonchev–Trinajstić information content (AvgIpc) is 2.61. The summed E-state index contributed by atoms with van der Waals surface area (Å²) in [5.41, 5.74) is 1.08. The summed E-state index contributed by atoms with van der Waals surface area (Å²) < 4.78 is 14.1. The SMILES string of the molecule is COCCOC(=O)C(C)(Br)CC(CC(C)C(=O)OC)c1ccccc1. The molecule has 25 heavy (non-hydrogen) atoms. The highest BCUT2D eigenvalue weighted by atomic mass is 79.9. The van der Waals surface area contributed by atoms with E-state index in [9.17, 15) is 9.59 Å². The lowest BCUT2D eigenvalue weighted by atomic mass is 9.83. The maximum absolute atomic E-state index is 12.4. The second-order valence-corrected chi connectivity index (χ2v) is 8.05. The molecule has 0 saturated heterocycles. The predicted octanol–water partition coefficient (Wildman–Crippen LogP) is 3.70. The molecule has 1 aromatic rings. The van der Waals surface area contributed by atoms with Crippen molar-refractivity contribution in [3.63, 3.8) is 0 Å². The highest BCUT2D eigenvalue weighted by molar-refractivity contribution is 9.10. The summed E-state index contributed by atoms with van der Waals surface area (Å²) in [4.78, 5) is 24.2. The first-order valence-corrected chi connectivity index (χ1v) is 9.09. The van der Waals surface area contributed by atoms with Crippen molar-refractivity contribution in [2.75, 3.05) is 27.4 Å². The Labute approximate surface area is 158 Å². The Balaban J connectivity index is 2.88. The molecule has 0 radical (unpaired) electrons. The van der Waals surface area contributed by atoms with Gasteiger partial charge in [-0.05, 0) is 31.2 Å². The van der Waals surface area contributed by atoms with E-state index in [4.69, 9.17) is 14.2 Å². The van der Waals surface area contributed by atoms with Gasteiger partial charge in [-0.2, -0.15) is 0 Å². The average molecular weight is 415 g/mol. The number of carbonyl (C=O) groups excluding carboxylic acids is 2. The molecule has 0 aliphatic carbocycles. The molecule has 140 valence electrons. The molecule has 6 heteroatoms. The minimum Gasteiger partial charge on any atom is -0.469 e. The van der Waals surface area contributed by atoms with Crippen LogP contribution in [0.3, 0.4) is 0 Å². The number of halogens is 1. The monoisotopic (exact) mass is 414 g/mol. The van der Waals surface area contributed by atoms with Crippen LogP contribution >= 0.6 is 15.9 Å². The highest BCUT2D eigenvalue weighted by Gasteiger charge is 2.36. The Bertz CT molecular complexity index is 544. The van der Waals surface area contributed by atoms with Crippen LogP contribution in [-0.4, -0.2) is 43.7 Å². The second kappa shape index (κ2) is 10.6. The number of carbonyl (C=O) groups is 2. The van der Waals surface area contributed by atoms with E-state index in [1.165, 1.54) is 7.11 Å². The number of benzene rings is 1. The molecule has 0 fully saturated rings. The summed E-state index contributed by atoms with van der Waals surface area (Å²) in [6, 6.07) is 9.86. The molecular formula is C19H27BrO5. The number of rotatable bonds is 10. The molecule has 5 nitrogen and oxygen atoms in total. The van der Waals surface area contributed by atoms with E-state index < -0.39 is 4.32 Å². The maximum atomic E-state index is 12.4. The van der Waals surface area contributed by atoms with Crippen LogP contribution in [0, 0.1) is 5.92 Å². The van der Waals surface area contributed by atoms with Gasteiger partial charge in [0, 0.05) is 7.11 Å². The third kappa shape index (κ3) is 7.16. The van der Waals surface area contributed by atoms with Crippen molar-refractivity contribution in [3.05, 3.63) is 35.9 Å². The van der Waals surface area contributed by atoms with Crippen LogP contribution in [-0.2, 0) is 23.8 Å². The number of ether oxygens (including phenoxy) is 3. The molecule has 0 bridgehead atoms. The Kier molecular flexibility index (Phi) is 9.14. The zero-order chi connectivity index (χ0) is 18.9. The number of hydrogen-bond acceptors (Lipinski definition) is 5. The van der Waals surface area contributed by atoms with Gasteiger partial charge in [0.1, 0.15) is 10.9 Å². The first-order valence-electron chi connectivity index (χ1n) is 8.29. The summed E-state index contributed by atoms with van der Waals surface area (Å²) >= 11 is 3.51. The number of methoxy groups -OCH3 is 2. The van der Waals surface area contributed by atoms with Gasteiger partial charge in [0.2, 0.25) is 0 Å². The molecule has 0 N–H and O–H groups in total. The van der Waals surface area contributed by atoms with E-state index in [1.54, 1.807) is 14.0 Å². The van der Waals surface area contributed by atoms with Gasteiger partial charge in [0.05, 0.1) is 19.6 Å². The molecule has 1 rings (SSSR count). The van der Waals surface area contributed by atoms with E-state index in [-0.39, 0.29) is 30.4 Å². The predicted molar refractivity (Wildman–Crippen MR) is 99.8 cm³/mol. The quantitative estimate of drug-likeness (QED) is 0.331. The molecule has 3 atom stereocenters. The fourth-order valence-corrected chi connectivity index (χ4v) is 3.21. The third-order valence-corrected chi connectivity index (χ3v) is 4.74. The first kappa shape index (κ1) is 21.6. The third-order valence-electron chi connectivity index (χ3n) is 4.09. The Morgan fingerprint density at radius 2 is 1.80 bits per heavy atom. The van der Waals surface area contributed by atoms with Crippen molar-refractivity contribution in [3.8, 4) is 0 Å². The van der Waals surface area contributed by atoms with Crippen LogP contribution in [0.5, 0.6) is 0 Å². The summed E-state index contributed by atoms with van der Waals surface area (Å²) in [5.74, 6) is -0.839. The van der Waals surface area contributed by atoms with Crippen molar-refractivity contribution in [1.29, 1.82) is 0 Å². The summed E-state index contributed by atoms with van der Waals surface area (Å²) in [6.45, 7) is 4.20. The zero-order valence-corrected chi connectivity index (χ0v) is 16.9. The van der Waals surface area contributed by atoms with Crippen LogP contribution in [0.4, 0.5) is 0 Å². The van der Waals surface area contributed by atoms with Crippen LogP contribution in [0.25, 0.3) is 0 Å². The standard InChI is InChI=1S/C19H27BrO5/c1-14(17(21)24-4)12-16(15-8-6-5-7-9-15)13-19(2,20)18(22)25-11-10-23-3/h5-9,14,16H,10-13H2,1-4H3. The van der Waals surface area contributed by atoms with Gasteiger partial charge in [-0.3, -0.25) is 9.59 Å². The van der Waals surface area contributed by atoms with E-state index in [0.717, 1.165) is 5.56 Å². The lowest BCUT2D eigenvalue weighted by Crippen LogP contribution is -2.34. The minimum absolute atomic E-state index is 0.00894. The fourth-order valence-electron chi connectivity index (χ4n) is 2.70. The van der Waals surface area contributed by atoms with E-state index in [1.807, 2.05) is 37.3 Å². The van der Waals surface area contributed by atoms with Crippen LogP contribution in [0.2, 0.25) is 0 Å². The Hall–Kier alpha value is -1.40. The lowest BCUT2D eigenvalue weighted by Gasteiger charge is -2.28. The Morgan fingerprint density at radius 3 is 2.36 bits per heavy atom. The summed E-state index contributed by atoms with van der Waals surface area (Å²) in [7, 11) is 2.94. The molecule has 0 spiro atoms. The van der Waals surface area contributed by atoms with Gasteiger partial charge in [0.25, 0.3) is 0 Å². The summed E-state index contributed by atoms with van der Waals surface area (Å²) in [5, 5.41) is 0. The number of alkyl halides is 1. The first-order chi connectivity index (χ1) is 11.8. The molecule has 0 amide bonds. The van der Waals surface area contributed by atoms with Crippen molar-refractivity contribution < 1.29 is 23.8 Å².